The number of aromatic hydroxyl groups is 1. The summed E-state index contributed by atoms with van der Waals surface area (Å²) in [6.07, 6.45) is -0.279. The smallest absolute Gasteiger partial charge is 0.235 e. The van der Waals surface area contributed by atoms with Gasteiger partial charge in [0.15, 0.2) is 46.3 Å². The minimum Gasteiger partial charge on any atom is -0.507 e. The van der Waals surface area contributed by atoms with Crippen LogP contribution in [0.3, 0.4) is 0 Å². The van der Waals surface area contributed by atoms with Gasteiger partial charge in [-0.3, -0.25) is 24.0 Å². The lowest BCUT2D eigenvalue weighted by Crippen LogP contribution is -2.68. The van der Waals surface area contributed by atoms with Crippen molar-refractivity contribution in [1.82, 2.24) is 0 Å². The zero-order valence-electron chi connectivity index (χ0n) is 20.6. The molecule has 0 bridgehead atoms. The molecule has 0 aromatic heterocycles. The first-order valence-electron chi connectivity index (χ1n) is 12.3. The lowest BCUT2D eigenvalue weighted by atomic mass is 9.53. The van der Waals surface area contributed by atoms with Crippen molar-refractivity contribution in [2.45, 2.75) is 44.6 Å². The van der Waals surface area contributed by atoms with Gasteiger partial charge >= 0.3 is 0 Å². The van der Waals surface area contributed by atoms with Crippen LogP contribution in [0.2, 0.25) is 0 Å². The van der Waals surface area contributed by atoms with E-state index < -0.39 is 82.1 Å². The molecular weight excluding hydrogens is 500 g/mol. The summed E-state index contributed by atoms with van der Waals surface area (Å²) in [5.74, 6) is -13.5. The molecule has 0 saturated heterocycles. The fourth-order valence-corrected chi connectivity index (χ4v) is 6.46. The van der Waals surface area contributed by atoms with Crippen LogP contribution >= 0.6 is 0 Å². The van der Waals surface area contributed by atoms with Crippen molar-refractivity contribution in [3.05, 3.63) is 52.6 Å². The van der Waals surface area contributed by atoms with E-state index in [1.54, 1.807) is 6.07 Å². The molecule has 0 heterocycles. The fraction of sp³-hybridized carbons (Fsp3) is 0.393. The minimum atomic E-state index is -2.74. The Morgan fingerprint density at radius 1 is 1.05 bits per heavy atom. The van der Waals surface area contributed by atoms with Crippen molar-refractivity contribution >= 4 is 29.0 Å². The third kappa shape index (κ3) is 3.46. The zero-order valence-corrected chi connectivity index (χ0v) is 20.6. The summed E-state index contributed by atoms with van der Waals surface area (Å²) >= 11 is 0. The van der Waals surface area contributed by atoms with Crippen LogP contribution in [0.4, 0.5) is 8.78 Å². The SMILES string of the molecule is CC(C)c1cc(-c2ccc(F)c(F)c2)c(O)c2c1C[C@H]1C[C@H]3CC(=O)C(C(N)=O)C(=O)[C@@]3(O)C(=O)C1C2=O. The van der Waals surface area contributed by atoms with Crippen LogP contribution < -0.4 is 5.73 Å². The third-order valence-electron chi connectivity index (χ3n) is 8.29. The third-order valence-corrected chi connectivity index (χ3v) is 8.29. The van der Waals surface area contributed by atoms with Gasteiger partial charge in [0.2, 0.25) is 5.91 Å². The molecule has 4 N–H and O–H groups in total. The average Bonchev–Trinajstić information content (AvgIpc) is 2.83. The normalized spacial score (nSPS) is 28.7. The number of carbonyl (C=O) groups excluding carboxylic acids is 5. The molecule has 38 heavy (non-hydrogen) atoms. The van der Waals surface area contributed by atoms with Crippen molar-refractivity contribution in [3.8, 4) is 16.9 Å². The maximum Gasteiger partial charge on any atom is 0.235 e. The molecule has 3 aliphatic rings. The maximum absolute atomic E-state index is 14.0. The second-order valence-electron chi connectivity index (χ2n) is 10.7. The number of hydrogen-bond acceptors (Lipinski definition) is 7. The predicted molar refractivity (Wildman–Crippen MR) is 128 cm³/mol. The van der Waals surface area contributed by atoms with Crippen LogP contribution in [-0.2, 0) is 25.6 Å². The van der Waals surface area contributed by atoms with Crippen LogP contribution in [0.1, 0.15) is 54.1 Å². The lowest BCUT2D eigenvalue weighted by Gasteiger charge is -2.48. The first-order valence-corrected chi connectivity index (χ1v) is 12.3. The van der Waals surface area contributed by atoms with Gasteiger partial charge in [-0.15, -0.1) is 0 Å². The molecule has 0 radical (unpaired) electrons. The van der Waals surface area contributed by atoms with E-state index in [4.69, 9.17) is 5.73 Å². The molecular formula is C28H25F2NO7. The number of aliphatic hydroxyl groups is 1. The number of nitrogens with two attached hydrogens (primary N) is 1. The van der Waals surface area contributed by atoms with E-state index in [1.165, 1.54) is 6.07 Å². The standard InChI is InChI=1S/C28H25F2NO7/c1-10(2)14-9-15(11-3-4-17(29)18(30)7-11)23(33)21-16(14)6-12-5-13-8-19(32)22(27(31)37)26(36)28(13,38)25(35)20(12)24(21)34/h3-4,7,9-10,12-13,20,22,33,38H,5-6,8H2,1-2H3,(H2,31,37)/t12-,13+,20?,22?,28+/m1/s1. The van der Waals surface area contributed by atoms with Crippen LogP contribution in [0.5, 0.6) is 5.75 Å². The van der Waals surface area contributed by atoms with Gasteiger partial charge < -0.3 is 15.9 Å². The van der Waals surface area contributed by atoms with Gasteiger partial charge in [0.1, 0.15) is 5.75 Å². The number of primary amides is 1. The second kappa shape index (κ2) is 8.62. The summed E-state index contributed by atoms with van der Waals surface area (Å²) in [5, 5.41) is 22.5. The number of carbonyl (C=O) groups is 5. The van der Waals surface area contributed by atoms with Gasteiger partial charge in [-0.1, -0.05) is 19.9 Å². The lowest BCUT2D eigenvalue weighted by molar-refractivity contribution is -0.175. The number of fused-ring (bicyclic) bond motifs is 3. The Labute approximate surface area is 215 Å². The number of amides is 1. The monoisotopic (exact) mass is 525 g/mol. The van der Waals surface area contributed by atoms with Crippen LogP contribution in [0.25, 0.3) is 11.1 Å². The molecule has 2 aromatic carbocycles. The van der Waals surface area contributed by atoms with E-state index in [0.29, 0.717) is 11.1 Å². The largest absolute Gasteiger partial charge is 0.507 e. The van der Waals surface area contributed by atoms with Gasteiger partial charge in [-0.25, -0.2) is 8.78 Å². The highest BCUT2D eigenvalue weighted by molar-refractivity contribution is 6.31. The zero-order chi connectivity index (χ0) is 27.8. The second-order valence-corrected chi connectivity index (χ2v) is 10.7. The Morgan fingerprint density at radius 3 is 2.34 bits per heavy atom. The highest BCUT2D eigenvalue weighted by atomic mass is 19.2. The van der Waals surface area contributed by atoms with Gasteiger partial charge in [0.05, 0.1) is 11.5 Å². The topological polar surface area (TPSA) is 152 Å². The number of rotatable bonds is 3. The Morgan fingerprint density at radius 2 is 1.74 bits per heavy atom. The predicted octanol–water partition coefficient (Wildman–Crippen LogP) is 2.40. The van der Waals surface area contributed by atoms with Crippen LogP contribution in [0, 0.1) is 35.3 Å². The first kappa shape index (κ1) is 25.8. The Balaban J connectivity index is 1.66. The molecule has 2 aromatic rings. The number of hydrogen-bond donors (Lipinski definition) is 3. The molecule has 0 aliphatic heterocycles. The van der Waals surface area contributed by atoms with Crippen LogP contribution in [0.15, 0.2) is 24.3 Å². The highest BCUT2D eigenvalue weighted by Gasteiger charge is 2.66. The summed E-state index contributed by atoms with van der Waals surface area (Å²) in [4.78, 5) is 64.9. The molecule has 1 amide bonds. The van der Waals surface area contributed by atoms with Gasteiger partial charge in [0.25, 0.3) is 0 Å². The summed E-state index contributed by atoms with van der Waals surface area (Å²) in [6.45, 7) is 3.71. The molecule has 2 fully saturated rings. The average molecular weight is 526 g/mol. The van der Waals surface area contributed by atoms with E-state index in [9.17, 15) is 43.0 Å². The van der Waals surface area contributed by atoms with E-state index in [0.717, 1.165) is 12.1 Å². The Kier molecular flexibility index (Phi) is 5.86. The molecule has 8 nitrogen and oxygen atoms in total. The molecule has 5 rings (SSSR count). The molecule has 2 unspecified atom stereocenters. The van der Waals surface area contributed by atoms with Gasteiger partial charge in [-0.05, 0) is 59.6 Å². The number of ketones is 4. The van der Waals surface area contributed by atoms with E-state index in [2.05, 4.69) is 0 Å². The number of halogens is 2. The molecule has 10 heteroatoms. The van der Waals surface area contributed by atoms with Gasteiger partial charge in [0, 0.05) is 17.9 Å². The summed E-state index contributed by atoms with van der Waals surface area (Å²) in [7, 11) is 0. The maximum atomic E-state index is 14.0. The number of benzene rings is 2. The van der Waals surface area contributed by atoms with E-state index in [-0.39, 0.29) is 35.4 Å². The van der Waals surface area contributed by atoms with Crippen molar-refractivity contribution < 1.29 is 43.0 Å². The highest BCUT2D eigenvalue weighted by Crippen LogP contribution is 2.52. The molecule has 3 aliphatic carbocycles. The minimum absolute atomic E-state index is 0.00965. The summed E-state index contributed by atoms with van der Waals surface area (Å²) in [5.41, 5.74) is 3.59. The number of phenols is 1. The molecule has 0 spiro atoms. The van der Waals surface area contributed by atoms with Crippen LogP contribution in [-0.4, -0.2) is 44.9 Å². The van der Waals surface area contributed by atoms with Crippen molar-refractivity contribution in [3.63, 3.8) is 0 Å². The van der Waals surface area contributed by atoms with Crippen molar-refractivity contribution in [1.29, 1.82) is 0 Å². The number of phenolic OH excluding ortho intramolecular Hbond substituents is 1. The summed E-state index contributed by atoms with van der Waals surface area (Å²) < 4.78 is 27.6. The van der Waals surface area contributed by atoms with Crippen molar-refractivity contribution in [2.75, 3.05) is 0 Å². The molecule has 5 atom stereocenters. The van der Waals surface area contributed by atoms with Crippen molar-refractivity contribution in [2.24, 2.45) is 29.4 Å². The van der Waals surface area contributed by atoms with E-state index >= 15 is 0 Å². The molecule has 198 valence electrons. The first-order chi connectivity index (χ1) is 17.8. The van der Waals surface area contributed by atoms with E-state index in [1.807, 2.05) is 13.8 Å². The molecule has 2 saturated carbocycles. The Hall–Kier alpha value is -3.79. The Bertz CT molecular complexity index is 1470. The summed E-state index contributed by atoms with van der Waals surface area (Å²) in [6, 6.07) is 4.63. The number of Topliss-reactive ketones (excluding diaryl/α,β-unsaturated/α-hetero) is 4. The fourth-order valence-electron chi connectivity index (χ4n) is 6.46. The quantitative estimate of drug-likeness (QED) is 0.521. The van der Waals surface area contributed by atoms with Gasteiger partial charge in [-0.2, -0.15) is 0 Å².